The highest BCUT2D eigenvalue weighted by molar-refractivity contribution is 7.95. The Hall–Kier alpha value is -1.13. The molecule has 1 N–H and O–H groups in total. The van der Waals surface area contributed by atoms with Crippen molar-refractivity contribution in [2.45, 2.75) is 30.8 Å². The second-order valence-corrected chi connectivity index (χ2v) is 5.59. The van der Waals surface area contributed by atoms with Crippen LogP contribution in [-0.2, 0) is 9.84 Å². The van der Waals surface area contributed by atoms with Crippen LogP contribution in [-0.4, -0.2) is 19.6 Å². The van der Waals surface area contributed by atoms with Crippen LogP contribution in [0.25, 0.3) is 0 Å². The first kappa shape index (κ1) is 12.9. The minimum absolute atomic E-state index is 0.124. The van der Waals surface area contributed by atoms with E-state index in [1.165, 1.54) is 12.1 Å². The first-order chi connectivity index (χ1) is 7.50. The molecule has 0 unspecified atom stereocenters. The Bertz CT molecular complexity index is 448. The summed E-state index contributed by atoms with van der Waals surface area (Å²) in [6, 6.07) is 8.03. The maximum absolute atomic E-state index is 12.0. The van der Waals surface area contributed by atoms with Gasteiger partial charge in [-0.3, -0.25) is 0 Å². The van der Waals surface area contributed by atoms with E-state index in [4.69, 9.17) is 0 Å². The molecule has 0 aliphatic rings. The first-order valence-electron chi connectivity index (χ1n) is 5.17. The number of rotatable bonds is 5. The Morgan fingerprint density at radius 3 is 2.44 bits per heavy atom. The SMILES string of the molecule is C=C([C@@H](O)CCC)S(=O)(=O)c1ccccc1. The van der Waals surface area contributed by atoms with Crippen LogP contribution in [0.3, 0.4) is 0 Å². The number of benzene rings is 1. The summed E-state index contributed by atoms with van der Waals surface area (Å²) in [7, 11) is -3.60. The van der Waals surface area contributed by atoms with Crippen molar-refractivity contribution in [3.8, 4) is 0 Å². The van der Waals surface area contributed by atoms with Crippen LogP contribution in [0.2, 0.25) is 0 Å². The van der Waals surface area contributed by atoms with Crippen molar-refractivity contribution in [3.05, 3.63) is 41.8 Å². The molecule has 0 aromatic heterocycles. The fourth-order valence-corrected chi connectivity index (χ4v) is 2.66. The van der Waals surface area contributed by atoms with Gasteiger partial charge in [-0.2, -0.15) is 0 Å². The molecule has 0 saturated heterocycles. The third-order valence-corrected chi connectivity index (χ3v) is 4.19. The van der Waals surface area contributed by atoms with Crippen molar-refractivity contribution in [1.29, 1.82) is 0 Å². The molecule has 0 amide bonds. The lowest BCUT2D eigenvalue weighted by atomic mass is 10.2. The summed E-state index contributed by atoms with van der Waals surface area (Å²) in [5.41, 5.74) is 0. The molecular formula is C12H16O3S. The summed E-state index contributed by atoms with van der Waals surface area (Å²) < 4.78 is 24.0. The Morgan fingerprint density at radius 2 is 1.94 bits per heavy atom. The molecule has 0 radical (unpaired) electrons. The lowest BCUT2D eigenvalue weighted by Crippen LogP contribution is -2.17. The Morgan fingerprint density at radius 1 is 1.38 bits per heavy atom. The van der Waals surface area contributed by atoms with E-state index in [2.05, 4.69) is 6.58 Å². The fraction of sp³-hybridized carbons (Fsp3) is 0.333. The smallest absolute Gasteiger partial charge is 0.204 e. The Balaban J connectivity index is 3.00. The molecule has 0 fully saturated rings. The number of hydrogen-bond acceptors (Lipinski definition) is 3. The predicted octanol–water partition coefficient (Wildman–Crippen LogP) is 2.13. The van der Waals surface area contributed by atoms with Crippen LogP contribution in [0, 0.1) is 0 Å². The summed E-state index contributed by atoms with van der Waals surface area (Å²) in [5, 5.41) is 9.64. The van der Waals surface area contributed by atoms with E-state index in [9.17, 15) is 13.5 Å². The molecule has 0 spiro atoms. The van der Waals surface area contributed by atoms with E-state index in [-0.39, 0.29) is 9.80 Å². The monoisotopic (exact) mass is 240 g/mol. The highest BCUT2D eigenvalue weighted by Crippen LogP contribution is 2.21. The molecule has 1 aromatic rings. The second-order valence-electron chi connectivity index (χ2n) is 3.59. The van der Waals surface area contributed by atoms with Crippen molar-refractivity contribution in [3.63, 3.8) is 0 Å². The van der Waals surface area contributed by atoms with Gasteiger partial charge in [0.15, 0.2) is 0 Å². The summed E-state index contributed by atoms with van der Waals surface area (Å²) in [6.07, 6.45) is 0.130. The Labute approximate surface area is 96.4 Å². The quantitative estimate of drug-likeness (QED) is 0.857. The van der Waals surface area contributed by atoms with E-state index in [0.717, 1.165) is 0 Å². The third-order valence-electron chi connectivity index (χ3n) is 2.33. The van der Waals surface area contributed by atoms with Crippen molar-refractivity contribution in [2.24, 2.45) is 0 Å². The van der Waals surface area contributed by atoms with E-state index < -0.39 is 15.9 Å². The zero-order valence-electron chi connectivity index (χ0n) is 9.26. The van der Waals surface area contributed by atoms with Crippen LogP contribution in [0.1, 0.15) is 19.8 Å². The molecule has 0 heterocycles. The molecule has 0 saturated carbocycles. The average molecular weight is 240 g/mol. The van der Waals surface area contributed by atoms with Crippen molar-refractivity contribution in [2.75, 3.05) is 0 Å². The maximum atomic E-state index is 12.0. The lowest BCUT2D eigenvalue weighted by molar-refractivity contribution is 0.207. The van der Waals surface area contributed by atoms with Crippen LogP contribution in [0.4, 0.5) is 0 Å². The molecule has 1 rings (SSSR count). The largest absolute Gasteiger partial charge is 0.388 e. The van der Waals surface area contributed by atoms with Crippen LogP contribution in [0.5, 0.6) is 0 Å². The third kappa shape index (κ3) is 2.71. The summed E-state index contributed by atoms with van der Waals surface area (Å²) in [5.74, 6) is 0. The molecule has 88 valence electrons. The second kappa shape index (κ2) is 5.27. The number of sulfone groups is 1. The van der Waals surface area contributed by atoms with Gasteiger partial charge in [0.25, 0.3) is 0 Å². The minimum Gasteiger partial charge on any atom is -0.388 e. The Kier molecular flexibility index (Phi) is 4.26. The van der Waals surface area contributed by atoms with Crippen molar-refractivity contribution in [1.82, 2.24) is 0 Å². The number of aliphatic hydroxyl groups excluding tert-OH is 1. The topological polar surface area (TPSA) is 54.4 Å². The van der Waals surface area contributed by atoms with Crippen molar-refractivity contribution >= 4 is 9.84 Å². The molecule has 3 nitrogen and oxygen atoms in total. The van der Waals surface area contributed by atoms with Gasteiger partial charge < -0.3 is 5.11 Å². The maximum Gasteiger partial charge on any atom is 0.204 e. The van der Waals surface area contributed by atoms with Gasteiger partial charge in [-0.15, -0.1) is 0 Å². The number of aliphatic hydroxyl groups is 1. The van der Waals surface area contributed by atoms with Gasteiger partial charge in [0.1, 0.15) is 0 Å². The molecule has 16 heavy (non-hydrogen) atoms. The van der Waals surface area contributed by atoms with Crippen LogP contribution >= 0.6 is 0 Å². The molecular weight excluding hydrogens is 224 g/mol. The van der Waals surface area contributed by atoms with Crippen LogP contribution < -0.4 is 0 Å². The van der Waals surface area contributed by atoms with Gasteiger partial charge >= 0.3 is 0 Å². The van der Waals surface area contributed by atoms with E-state index >= 15 is 0 Å². The van der Waals surface area contributed by atoms with Gasteiger partial charge in [0.05, 0.1) is 15.9 Å². The van der Waals surface area contributed by atoms with Gasteiger partial charge in [0.2, 0.25) is 9.84 Å². The van der Waals surface area contributed by atoms with Gasteiger partial charge in [-0.1, -0.05) is 38.1 Å². The van der Waals surface area contributed by atoms with Gasteiger partial charge in [0, 0.05) is 0 Å². The zero-order valence-corrected chi connectivity index (χ0v) is 10.1. The van der Waals surface area contributed by atoms with Crippen molar-refractivity contribution < 1.29 is 13.5 Å². The predicted molar refractivity (Wildman–Crippen MR) is 63.7 cm³/mol. The molecule has 1 aromatic carbocycles. The molecule has 4 heteroatoms. The summed E-state index contributed by atoms with van der Waals surface area (Å²) >= 11 is 0. The molecule has 0 aliphatic carbocycles. The average Bonchev–Trinajstić information content (AvgIpc) is 2.29. The standard InChI is InChI=1S/C12H16O3S/c1-3-7-12(13)10(2)16(14,15)11-8-5-4-6-9-11/h4-6,8-9,12-13H,2-3,7H2,1H3/t12-/m0/s1. The van der Waals surface area contributed by atoms with Gasteiger partial charge in [-0.05, 0) is 18.6 Å². The lowest BCUT2D eigenvalue weighted by Gasteiger charge is -2.13. The first-order valence-corrected chi connectivity index (χ1v) is 6.65. The normalized spacial score (nSPS) is 13.4. The molecule has 0 aliphatic heterocycles. The van der Waals surface area contributed by atoms with E-state index in [0.29, 0.717) is 12.8 Å². The molecule has 1 atom stereocenters. The molecule has 0 bridgehead atoms. The van der Waals surface area contributed by atoms with Gasteiger partial charge in [-0.25, -0.2) is 8.42 Å². The summed E-state index contributed by atoms with van der Waals surface area (Å²) in [4.78, 5) is 0.0516. The summed E-state index contributed by atoms with van der Waals surface area (Å²) in [6.45, 7) is 5.36. The minimum atomic E-state index is -3.60. The zero-order chi connectivity index (χ0) is 12.2. The fourth-order valence-electron chi connectivity index (χ4n) is 1.36. The number of hydrogen-bond donors (Lipinski definition) is 1. The van der Waals surface area contributed by atoms with Crippen LogP contribution in [0.15, 0.2) is 46.7 Å². The van der Waals surface area contributed by atoms with E-state index in [1.54, 1.807) is 18.2 Å². The highest BCUT2D eigenvalue weighted by atomic mass is 32.2. The highest BCUT2D eigenvalue weighted by Gasteiger charge is 2.23. The van der Waals surface area contributed by atoms with E-state index in [1.807, 2.05) is 6.92 Å².